The van der Waals surface area contributed by atoms with Crippen LogP contribution in [0.15, 0.2) is 30.3 Å². The van der Waals surface area contributed by atoms with E-state index in [0.29, 0.717) is 0 Å². The van der Waals surface area contributed by atoms with Crippen LogP contribution in [0.1, 0.15) is 11.4 Å². The fourth-order valence-electron chi connectivity index (χ4n) is 3.40. The van der Waals surface area contributed by atoms with Crippen LogP contribution in [0.4, 0.5) is 17.6 Å². The Morgan fingerprint density at radius 1 is 0.815 bits per heavy atom. The lowest BCUT2D eigenvalue weighted by Gasteiger charge is -2.36. The Kier molecular flexibility index (Phi) is 4.51. The summed E-state index contributed by atoms with van der Waals surface area (Å²) in [4.78, 5) is 25.5. The largest absolute Gasteiger partial charge is 0.363 e. The molecule has 0 radical (unpaired) electrons. The van der Waals surface area contributed by atoms with Crippen molar-refractivity contribution in [3.05, 3.63) is 41.7 Å². The van der Waals surface area contributed by atoms with Crippen molar-refractivity contribution >= 4 is 28.6 Å². The van der Waals surface area contributed by atoms with Gasteiger partial charge in [0.2, 0.25) is 5.95 Å². The van der Waals surface area contributed by atoms with Gasteiger partial charge in [0, 0.05) is 52.0 Å². The fourth-order valence-corrected chi connectivity index (χ4v) is 3.40. The van der Waals surface area contributed by atoms with Crippen molar-refractivity contribution in [2.45, 2.75) is 13.8 Å². The van der Waals surface area contributed by atoms with Crippen LogP contribution < -0.4 is 14.7 Å². The van der Waals surface area contributed by atoms with Crippen molar-refractivity contribution in [3.63, 3.8) is 0 Å². The summed E-state index contributed by atoms with van der Waals surface area (Å²) in [5, 5.41) is 0. The minimum absolute atomic E-state index is 0.805. The normalized spacial score (nSPS) is 14.7. The number of aryl methyl sites for hydroxylation is 2. The molecule has 0 N–H and O–H groups in total. The molecule has 1 aliphatic rings. The summed E-state index contributed by atoms with van der Waals surface area (Å²) in [5.74, 6) is 2.73. The van der Waals surface area contributed by atoms with Gasteiger partial charge >= 0.3 is 0 Å². The predicted molar refractivity (Wildman–Crippen MR) is 110 cm³/mol. The Balaban J connectivity index is 1.53. The Morgan fingerprint density at radius 2 is 1.44 bits per heavy atom. The molecule has 3 heterocycles. The van der Waals surface area contributed by atoms with Gasteiger partial charge in [-0.15, -0.1) is 0 Å². The number of fused-ring (bicyclic) bond motifs is 1. The molecule has 0 amide bonds. The van der Waals surface area contributed by atoms with Gasteiger partial charge in [0.05, 0.1) is 16.7 Å². The molecule has 140 valence electrons. The van der Waals surface area contributed by atoms with E-state index in [0.717, 1.165) is 66.2 Å². The quantitative estimate of drug-likeness (QED) is 0.708. The van der Waals surface area contributed by atoms with Crippen LogP contribution in [0.3, 0.4) is 0 Å². The third-order valence-electron chi connectivity index (χ3n) is 4.87. The van der Waals surface area contributed by atoms with E-state index in [2.05, 4.69) is 14.8 Å². The molecule has 0 aliphatic carbocycles. The van der Waals surface area contributed by atoms with E-state index in [-0.39, 0.29) is 0 Å². The molecule has 0 saturated carbocycles. The van der Waals surface area contributed by atoms with E-state index in [1.807, 2.05) is 63.2 Å². The van der Waals surface area contributed by atoms with Crippen LogP contribution in [0.25, 0.3) is 11.0 Å². The average Bonchev–Trinajstić information content (AvgIpc) is 2.67. The number of benzene rings is 1. The molecular formula is C20H25N7. The summed E-state index contributed by atoms with van der Waals surface area (Å²) >= 11 is 0. The number of nitrogens with zero attached hydrogens (tertiary/aromatic N) is 7. The van der Waals surface area contributed by atoms with Crippen LogP contribution in [-0.2, 0) is 0 Å². The zero-order valence-corrected chi connectivity index (χ0v) is 16.3. The summed E-state index contributed by atoms with van der Waals surface area (Å²) in [5.41, 5.74) is 3.85. The molecule has 0 bridgehead atoms. The summed E-state index contributed by atoms with van der Waals surface area (Å²) in [6, 6.07) is 10.0. The molecule has 4 rings (SSSR count). The number of rotatable bonds is 3. The maximum atomic E-state index is 4.85. The molecule has 1 aliphatic heterocycles. The van der Waals surface area contributed by atoms with Crippen molar-refractivity contribution in [1.29, 1.82) is 0 Å². The van der Waals surface area contributed by atoms with Crippen molar-refractivity contribution < 1.29 is 0 Å². The summed E-state index contributed by atoms with van der Waals surface area (Å²) in [6.07, 6.45) is 0. The van der Waals surface area contributed by atoms with E-state index in [1.54, 1.807) is 0 Å². The van der Waals surface area contributed by atoms with Crippen LogP contribution >= 0.6 is 0 Å². The smallest absolute Gasteiger partial charge is 0.227 e. The molecule has 7 nitrogen and oxygen atoms in total. The number of para-hydroxylation sites is 2. The molecule has 3 aromatic rings. The standard InChI is InChI=1S/C20H25N7/c1-14-13-18(25(3)4)24-20(21-14)27-11-9-26(10-12-27)19-15(2)22-16-7-5-6-8-17(16)23-19/h5-8,13H,9-12H2,1-4H3. The Labute approximate surface area is 159 Å². The van der Waals surface area contributed by atoms with Gasteiger partial charge in [-0.3, -0.25) is 0 Å². The fraction of sp³-hybridized carbons (Fsp3) is 0.400. The number of hydrogen-bond donors (Lipinski definition) is 0. The number of anilines is 3. The van der Waals surface area contributed by atoms with Crippen molar-refractivity contribution in [3.8, 4) is 0 Å². The lowest BCUT2D eigenvalue weighted by atomic mass is 10.2. The van der Waals surface area contributed by atoms with Crippen molar-refractivity contribution in [2.75, 3.05) is 55.0 Å². The highest BCUT2D eigenvalue weighted by Gasteiger charge is 2.22. The third-order valence-corrected chi connectivity index (χ3v) is 4.87. The summed E-state index contributed by atoms with van der Waals surface area (Å²) in [6.45, 7) is 7.54. The minimum atomic E-state index is 0.805. The van der Waals surface area contributed by atoms with Crippen LogP contribution in [-0.4, -0.2) is 60.2 Å². The third kappa shape index (κ3) is 3.49. The summed E-state index contributed by atoms with van der Waals surface area (Å²) < 4.78 is 0. The van der Waals surface area contributed by atoms with E-state index >= 15 is 0 Å². The molecule has 0 unspecified atom stereocenters. The van der Waals surface area contributed by atoms with Crippen molar-refractivity contribution in [1.82, 2.24) is 19.9 Å². The number of piperazine rings is 1. The molecule has 1 aromatic carbocycles. The minimum Gasteiger partial charge on any atom is -0.363 e. The van der Waals surface area contributed by atoms with Gasteiger partial charge in [-0.25, -0.2) is 15.0 Å². The van der Waals surface area contributed by atoms with Gasteiger partial charge in [0.15, 0.2) is 5.82 Å². The SMILES string of the molecule is Cc1cc(N(C)C)nc(N2CCN(c3nc4ccccc4nc3C)CC2)n1. The first-order valence-electron chi connectivity index (χ1n) is 9.27. The van der Waals surface area contributed by atoms with Gasteiger partial charge in [-0.05, 0) is 26.0 Å². The Bertz CT molecular complexity index is 962. The number of hydrogen-bond acceptors (Lipinski definition) is 7. The zero-order valence-electron chi connectivity index (χ0n) is 16.3. The summed E-state index contributed by atoms with van der Waals surface area (Å²) in [7, 11) is 4.01. The zero-order chi connectivity index (χ0) is 19.0. The molecule has 2 aromatic heterocycles. The lowest BCUT2D eigenvalue weighted by molar-refractivity contribution is 0.632. The highest BCUT2D eigenvalue weighted by atomic mass is 15.3. The lowest BCUT2D eigenvalue weighted by Crippen LogP contribution is -2.47. The first kappa shape index (κ1) is 17.5. The second-order valence-corrected chi connectivity index (χ2v) is 7.16. The van der Waals surface area contributed by atoms with Gasteiger partial charge < -0.3 is 14.7 Å². The highest BCUT2D eigenvalue weighted by molar-refractivity contribution is 5.76. The first-order valence-corrected chi connectivity index (χ1v) is 9.27. The topological polar surface area (TPSA) is 61.3 Å². The Hall–Kier alpha value is -2.96. The van der Waals surface area contributed by atoms with Gasteiger partial charge in [0.25, 0.3) is 0 Å². The van der Waals surface area contributed by atoms with Crippen LogP contribution in [0.2, 0.25) is 0 Å². The second-order valence-electron chi connectivity index (χ2n) is 7.16. The maximum absolute atomic E-state index is 4.85. The number of aromatic nitrogens is 4. The van der Waals surface area contributed by atoms with Crippen LogP contribution in [0.5, 0.6) is 0 Å². The van der Waals surface area contributed by atoms with Gasteiger partial charge in [0.1, 0.15) is 5.82 Å². The second kappa shape index (κ2) is 6.98. The van der Waals surface area contributed by atoms with E-state index in [9.17, 15) is 0 Å². The van der Waals surface area contributed by atoms with E-state index in [4.69, 9.17) is 15.0 Å². The maximum Gasteiger partial charge on any atom is 0.227 e. The average molecular weight is 363 g/mol. The predicted octanol–water partition coefficient (Wildman–Crippen LogP) is 2.43. The first-order chi connectivity index (χ1) is 13.0. The molecule has 27 heavy (non-hydrogen) atoms. The Morgan fingerprint density at radius 3 is 2.11 bits per heavy atom. The molecule has 0 atom stereocenters. The molecule has 1 saturated heterocycles. The molecular weight excluding hydrogens is 338 g/mol. The monoisotopic (exact) mass is 363 g/mol. The van der Waals surface area contributed by atoms with Crippen molar-refractivity contribution in [2.24, 2.45) is 0 Å². The molecule has 1 fully saturated rings. The van der Waals surface area contributed by atoms with Crippen LogP contribution in [0, 0.1) is 13.8 Å². The molecule has 0 spiro atoms. The van der Waals surface area contributed by atoms with E-state index < -0.39 is 0 Å². The van der Waals surface area contributed by atoms with Gasteiger partial charge in [-0.2, -0.15) is 4.98 Å². The van der Waals surface area contributed by atoms with Gasteiger partial charge in [-0.1, -0.05) is 12.1 Å². The van der Waals surface area contributed by atoms with E-state index in [1.165, 1.54) is 0 Å². The molecule has 7 heteroatoms. The highest BCUT2D eigenvalue weighted by Crippen LogP contribution is 2.23.